The van der Waals surface area contributed by atoms with E-state index < -0.39 is 6.10 Å². The molecule has 350 valence electrons. The Morgan fingerprint density at radius 2 is 0.644 bits per heavy atom. The molecule has 0 aromatic rings. The number of hydrogen-bond acceptors (Lipinski definition) is 6. The van der Waals surface area contributed by atoms with Gasteiger partial charge in [0, 0.05) is 19.3 Å². The maximum Gasteiger partial charge on any atom is 0.306 e. The summed E-state index contributed by atoms with van der Waals surface area (Å²) in [7, 11) is 0. The van der Waals surface area contributed by atoms with Gasteiger partial charge in [-0.3, -0.25) is 14.4 Å². The van der Waals surface area contributed by atoms with Crippen molar-refractivity contribution in [1.82, 2.24) is 0 Å². The molecule has 0 rings (SSSR count). The number of rotatable bonds is 47. The second kappa shape index (κ2) is 45.9. The van der Waals surface area contributed by atoms with Gasteiger partial charge >= 0.3 is 17.9 Å². The fourth-order valence-corrected chi connectivity index (χ4v) is 7.96. The van der Waals surface area contributed by atoms with Gasteiger partial charge in [-0.1, -0.05) is 253 Å². The van der Waals surface area contributed by atoms with Crippen molar-refractivity contribution in [1.29, 1.82) is 0 Å². The van der Waals surface area contributed by atoms with Crippen molar-refractivity contribution in [2.75, 3.05) is 13.2 Å². The van der Waals surface area contributed by atoms with E-state index in [1.165, 1.54) is 180 Å². The van der Waals surface area contributed by atoms with E-state index in [0.29, 0.717) is 19.3 Å². The van der Waals surface area contributed by atoms with E-state index in [0.717, 1.165) is 69.6 Å². The zero-order valence-electron chi connectivity index (χ0n) is 40.4. The average molecular weight is 835 g/mol. The zero-order chi connectivity index (χ0) is 43.3. The van der Waals surface area contributed by atoms with Crippen LogP contribution in [0.5, 0.6) is 0 Å². The molecule has 0 aliphatic rings. The van der Waals surface area contributed by atoms with E-state index in [-0.39, 0.29) is 31.1 Å². The smallest absolute Gasteiger partial charge is 0.306 e. The molecule has 0 saturated heterocycles. The lowest BCUT2D eigenvalue weighted by Crippen LogP contribution is -2.30. The SMILES string of the molecule is CCCCCCCCCCCC(=O)O[C@@H](COC(=O)CCCCCCCCCCCCCCCCCC(C)C)COC(=O)CCCCCCCCCCCCC(C)CC. The van der Waals surface area contributed by atoms with E-state index in [9.17, 15) is 14.4 Å². The van der Waals surface area contributed by atoms with E-state index in [2.05, 4.69) is 34.6 Å². The Morgan fingerprint density at radius 3 is 0.966 bits per heavy atom. The molecule has 59 heavy (non-hydrogen) atoms. The number of unbranched alkanes of at least 4 members (excludes halogenated alkanes) is 31. The first-order valence-corrected chi connectivity index (χ1v) is 26.3. The maximum absolute atomic E-state index is 12.7. The molecule has 0 aromatic heterocycles. The number of hydrogen-bond donors (Lipinski definition) is 0. The van der Waals surface area contributed by atoms with Crippen molar-refractivity contribution in [3.8, 4) is 0 Å². The van der Waals surface area contributed by atoms with Gasteiger partial charge in [0.25, 0.3) is 0 Å². The quantitative estimate of drug-likeness (QED) is 0.0345. The first kappa shape index (κ1) is 57.4. The molecule has 0 aromatic carbocycles. The van der Waals surface area contributed by atoms with Crippen LogP contribution in [0.1, 0.15) is 291 Å². The van der Waals surface area contributed by atoms with Crippen molar-refractivity contribution < 1.29 is 28.6 Å². The predicted octanol–water partition coefficient (Wildman–Crippen LogP) is 16.9. The van der Waals surface area contributed by atoms with Crippen LogP contribution in [0.3, 0.4) is 0 Å². The minimum absolute atomic E-state index is 0.0637. The molecule has 0 aliphatic carbocycles. The second-order valence-electron chi connectivity index (χ2n) is 18.9. The fourth-order valence-electron chi connectivity index (χ4n) is 7.96. The lowest BCUT2D eigenvalue weighted by molar-refractivity contribution is -0.167. The van der Waals surface area contributed by atoms with Gasteiger partial charge < -0.3 is 14.2 Å². The minimum Gasteiger partial charge on any atom is -0.462 e. The third-order valence-electron chi connectivity index (χ3n) is 12.3. The van der Waals surface area contributed by atoms with Crippen molar-refractivity contribution in [2.45, 2.75) is 298 Å². The van der Waals surface area contributed by atoms with Gasteiger partial charge in [0.2, 0.25) is 0 Å². The van der Waals surface area contributed by atoms with Crippen molar-refractivity contribution in [3.05, 3.63) is 0 Å². The van der Waals surface area contributed by atoms with Gasteiger partial charge in [-0.25, -0.2) is 0 Å². The van der Waals surface area contributed by atoms with Crippen LogP contribution in [0.15, 0.2) is 0 Å². The molecule has 6 heteroatoms. The van der Waals surface area contributed by atoms with Crippen LogP contribution in [0.25, 0.3) is 0 Å². The van der Waals surface area contributed by atoms with Gasteiger partial charge in [0.05, 0.1) is 0 Å². The fraction of sp³-hybridized carbons (Fsp3) is 0.943. The Kier molecular flexibility index (Phi) is 44.7. The molecule has 0 bridgehead atoms. The van der Waals surface area contributed by atoms with Gasteiger partial charge in [0.1, 0.15) is 13.2 Å². The summed E-state index contributed by atoms with van der Waals surface area (Å²) in [5.74, 6) is 0.869. The third kappa shape index (κ3) is 45.8. The molecule has 1 unspecified atom stereocenters. The molecule has 0 radical (unpaired) electrons. The molecule has 0 fully saturated rings. The molecule has 6 nitrogen and oxygen atoms in total. The lowest BCUT2D eigenvalue weighted by atomic mass is 9.99. The highest BCUT2D eigenvalue weighted by molar-refractivity contribution is 5.71. The highest BCUT2D eigenvalue weighted by Crippen LogP contribution is 2.18. The summed E-state index contributed by atoms with van der Waals surface area (Å²) in [6, 6.07) is 0. The van der Waals surface area contributed by atoms with Crippen molar-refractivity contribution in [3.63, 3.8) is 0 Å². The highest BCUT2D eigenvalue weighted by atomic mass is 16.6. The number of esters is 3. The molecule has 0 aliphatic heterocycles. The van der Waals surface area contributed by atoms with E-state index >= 15 is 0 Å². The minimum atomic E-state index is -0.761. The molecule has 2 atom stereocenters. The normalized spacial score (nSPS) is 12.5. The van der Waals surface area contributed by atoms with E-state index in [4.69, 9.17) is 14.2 Å². The van der Waals surface area contributed by atoms with Gasteiger partial charge in [0.15, 0.2) is 6.10 Å². The Hall–Kier alpha value is -1.59. The summed E-state index contributed by atoms with van der Waals surface area (Å²) in [5, 5.41) is 0. The van der Waals surface area contributed by atoms with Crippen LogP contribution in [-0.2, 0) is 28.6 Å². The standard InChI is InChI=1S/C53H102O6/c1-6-8-9-10-11-21-30-35-40-45-53(56)59-50(47-58-52(55)44-39-34-29-25-20-19-23-27-32-37-42-49(5)7-2)46-57-51(54)43-38-33-28-24-18-16-14-12-13-15-17-22-26-31-36-41-48(3)4/h48-50H,6-47H2,1-5H3/t49?,50-/m0/s1. The third-order valence-corrected chi connectivity index (χ3v) is 12.3. The molecular weight excluding hydrogens is 733 g/mol. The Morgan fingerprint density at radius 1 is 0.356 bits per heavy atom. The first-order valence-electron chi connectivity index (χ1n) is 26.3. The monoisotopic (exact) mass is 835 g/mol. The van der Waals surface area contributed by atoms with Crippen LogP contribution in [0, 0.1) is 11.8 Å². The van der Waals surface area contributed by atoms with Crippen LogP contribution in [0.4, 0.5) is 0 Å². The van der Waals surface area contributed by atoms with Crippen molar-refractivity contribution in [2.24, 2.45) is 11.8 Å². The zero-order valence-corrected chi connectivity index (χ0v) is 40.4. The summed E-state index contributed by atoms with van der Waals surface area (Å²) in [5.41, 5.74) is 0. The maximum atomic E-state index is 12.7. The van der Waals surface area contributed by atoms with E-state index in [1.807, 2.05) is 0 Å². The van der Waals surface area contributed by atoms with Crippen LogP contribution in [0.2, 0.25) is 0 Å². The summed E-state index contributed by atoms with van der Waals surface area (Å²) in [6.45, 7) is 11.4. The highest BCUT2D eigenvalue weighted by Gasteiger charge is 2.19. The van der Waals surface area contributed by atoms with Crippen LogP contribution < -0.4 is 0 Å². The lowest BCUT2D eigenvalue weighted by Gasteiger charge is -2.18. The molecule has 0 heterocycles. The van der Waals surface area contributed by atoms with Crippen LogP contribution >= 0.6 is 0 Å². The molecule has 0 amide bonds. The topological polar surface area (TPSA) is 78.9 Å². The molecule has 0 saturated carbocycles. The van der Waals surface area contributed by atoms with Gasteiger partial charge in [-0.15, -0.1) is 0 Å². The molecular formula is C53H102O6. The predicted molar refractivity (Wildman–Crippen MR) is 252 cm³/mol. The number of carbonyl (C=O) groups is 3. The summed E-state index contributed by atoms with van der Waals surface area (Å²) < 4.78 is 16.8. The first-order chi connectivity index (χ1) is 28.8. The molecule has 0 N–H and O–H groups in total. The van der Waals surface area contributed by atoms with Gasteiger partial charge in [-0.05, 0) is 31.1 Å². The Bertz CT molecular complexity index is 902. The average Bonchev–Trinajstić information content (AvgIpc) is 3.22. The summed E-state index contributed by atoms with van der Waals surface area (Å²) in [6.07, 6.45) is 46.6. The Labute approximate surface area is 368 Å². The molecule has 0 spiro atoms. The van der Waals surface area contributed by atoms with Gasteiger partial charge in [-0.2, -0.15) is 0 Å². The van der Waals surface area contributed by atoms with Crippen LogP contribution in [-0.4, -0.2) is 37.2 Å². The van der Waals surface area contributed by atoms with Crippen molar-refractivity contribution >= 4 is 17.9 Å². The Balaban J connectivity index is 4.22. The number of ether oxygens (including phenoxy) is 3. The largest absolute Gasteiger partial charge is 0.462 e. The van der Waals surface area contributed by atoms with E-state index in [1.54, 1.807) is 0 Å². The number of carbonyl (C=O) groups excluding carboxylic acids is 3. The second-order valence-corrected chi connectivity index (χ2v) is 18.9. The summed E-state index contributed by atoms with van der Waals surface area (Å²) >= 11 is 0. The summed E-state index contributed by atoms with van der Waals surface area (Å²) in [4.78, 5) is 37.9.